The molecule has 2 fully saturated rings. The van der Waals surface area contributed by atoms with E-state index in [1.54, 1.807) is 6.21 Å². The average Bonchev–Trinajstić information content (AvgIpc) is 2.70. The van der Waals surface area contributed by atoms with Crippen molar-refractivity contribution in [1.29, 1.82) is 0 Å². The molecular weight excluding hydrogens is 290 g/mol. The highest BCUT2D eigenvalue weighted by Gasteiger charge is 2.51. The number of imide groups is 1. The predicted molar refractivity (Wildman–Crippen MR) is 89.4 cm³/mol. The minimum Gasteiger partial charge on any atom is -0.321 e. The van der Waals surface area contributed by atoms with E-state index in [1.165, 1.54) is 5.56 Å². The highest BCUT2D eigenvalue weighted by atomic mass is 16.2. The van der Waals surface area contributed by atoms with E-state index in [2.05, 4.69) is 22.6 Å². The van der Waals surface area contributed by atoms with E-state index >= 15 is 0 Å². The lowest BCUT2D eigenvalue weighted by molar-refractivity contribution is -0.132. The summed E-state index contributed by atoms with van der Waals surface area (Å²) in [6.07, 6.45) is 6.12. The molecule has 2 aliphatic rings. The van der Waals surface area contributed by atoms with Crippen LogP contribution < -0.4 is 5.32 Å². The molecule has 1 saturated heterocycles. The van der Waals surface area contributed by atoms with Gasteiger partial charge in [-0.3, -0.25) is 4.79 Å². The Morgan fingerprint density at radius 3 is 2.30 bits per heavy atom. The smallest absolute Gasteiger partial charge is 0.321 e. The maximum Gasteiger partial charge on any atom is 0.346 e. The van der Waals surface area contributed by atoms with Crippen LogP contribution in [-0.2, 0) is 4.79 Å². The molecule has 1 aromatic carbocycles. The minimum absolute atomic E-state index is 0.208. The molecule has 0 unspecified atom stereocenters. The van der Waals surface area contributed by atoms with Crippen molar-refractivity contribution >= 4 is 18.2 Å². The number of nitrogens with one attached hydrogen (secondary N) is 1. The number of rotatable bonds is 2. The Labute approximate surface area is 136 Å². The van der Waals surface area contributed by atoms with E-state index in [-0.39, 0.29) is 5.91 Å². The van der Waals surface area contributed by atoms with Crippen LogP contribution in [0.5, 0.6) is 0 Å². The van der Waals surface area contributed by atoms with E-state index in [0.29, 0.717) is 12.8 Å². The molecule has 1 N–H and O–H groups in total. The summed E-state index contributed by atoms with van der Waals surface area (Å²) in [6.45, 7) is 6.07. The van der Waals surface area contributed by atoms with Crippen molar-refractivity contribution in [3.05, 3.63) is 34.4 Å². The first kappa shape index (κ1) is 15.7. The number of aryl methyl sites for hydroxylation is 3. The van der Waals surface area contributed by atoms with Gasteiger partial charge in [0.2, 0.25) is 0 Å². The quantitative estimate of drug-likeness (QED) is 0.673. The van der Waals surface area contributed by atoms with E-state index in [1.807, 2.05) is 20.8 Å². The fraction of sp³-hybridized carbons (Fsp3) is 0.500. The van der Waals surface area contributed by atoms with Crippen LogP contribution in [0.15, 0.2) is 17.2 Å². The zero-order valence-corrected chi connectivity index (χ0v) is 14.0. The second kappa shape index (κ2) is 5.80. The molecule has 0 atom stereocenters. The lowest BCUT2D eigenvalue weighted by atomic mass is 9.82. The molecule has 3 rings (SSSR count). The van der Waals surface area contributed by atoms with Crippen LogP contribution in [0.1, 0.15) is 54.4 Å². The van der Waals surface area contributed by atoms with Gasteiger partial charge in [0.25, 0.3) is 5.91 Å². The highest BCUT2D eigenvalue weighted by Crippen LogP contribution is 2.33. The summed E-state index contributed by atoms with van der Waals surface area (Å²) in [5.41, 5.74) is 3.61. The van der Waals surface area contributed by atoms with Gasteiger partial charge in [-0.25, -0.2) is 4.79 Å². The molecule has 1 spiro atoms. The van der Waals surface area contributed by atoms with Gasteiger partial charge in [-0.15, -0.1) is 5.01 Å². The van der Waals surface area contributed by atoms with E-state index < -0.39 is 11.6 Å². The van der Waals surface area contributed by atoms with Gasteiger partial charge >= 0.3 is 6.03 Å². The summed E-state index contributed by atoms with van der Waals surface area (Å²) < 4.78 is 0. The maximum absolute atomic E-state index is 12.7. The largest absolute Gasteiger partial charge is 0.346 e. The van der Waals surface area contributed by atoms with Crippen molar-refractivity contribution in [2.24, 2.45) is 5.10 Å². The summed E-state index contributed by atoms with van der Waals surface area (Å²) >= 11 is 0. The number of benzene rings is 1. The summed E-state index contributed by atoms with van der Waals surface area (Å²) in [6, 6.07) is 3.74. The lowest BCUT2D eigenvalue weighted by Crippen LogP contribution is -2.48. The van der Waals surface area contributed by atoms with Crippen molar-refractivity contribution < 1.29 is 9.59 Å². The third-order valence-corrected chi connectivity index (χ3v) is 4.89. The molecule has 23 heavy (non-hydrogen) atoms. The van der Waals surface area contributed by atoms with Gasteiger partial charge in [0.05, 0.1) is 6.21 Å². The first-order chi connectivity index (χ1) is 10.9. The van der Waals surface area contributed by atoms with Crippen molar-refractivity contribution in [2.45, 2.75) is 58.4 Å². The summed E-state index contributed by atoms with van der Waals surface area (Å²) in [5.74, 6) is -0.208. The Balaban J connectivity index is 1.86. The molecule has 3 amide bonds. The molecule has 0 radical (unpaired) electrons. The van der Waals surface area contributed by atoms with Crippen LogP contribution >= 0.6 is 0 Å². The van der Waals surface area contributed by atoms with Crippen molar-refractivity contribution in [3.8, 4) is 0 Å². The number of amides is 3. The molecule has 1 heterocycles. The number of hydrogen-bond donors (Lipinski definition) is 1. The number of carbonyl (C=O) groups is 2. The fourth-order valence-electron chi connectivity index (χ4n) is 3.72. The molecule has 0 bridgehead atoms. The second-order valence-electron chi connectivity index (χ2n) is 6.75. The maximum atomic E-state index is 12.7. The van der Waals surface area contributed by atoms with E-state index in [9.17, 15) is 9.59 Å². The van der Waals surface area contributed by atoms with Gasteiger partial charge in [0.15, 0.2) is 0 Å². The second-order valence-corrected chi connectivity index (χ2v) is 6.75. The minimum atomic E-state index is -0.718. The van der Waals surface area contributed by atoms with E-state index in [0.717, 1.165) is 41.0 Å². The van der Waals surface area contributed by atoms with Crippen LogP contribution in [0, 0.1) is 20.8 Å². The van der Waals surface area contributed by atoms with Crippen molar-refractivity contribution in [2.75, 3.05) is 0 Å². The number of urea groups is 1. The molecule has 122 valence electrons. The van der Waals surface area contributed by atoms with Crippen LogP contribution in [-0.4, -0.2) is 28.7 Å². The van der Waals surface area contributed by atoms with Crippen LogP contribution in [0.2, 0.25) is 0 Å². The molecule has 5 nitrogen and oxygen atoms in total. The molecule has 0 aromatic heterocycles. The topological polar surface area (TPSA) is 61.8 Å². The molecule has 1 aliphatic carbocycles. The molecule has 1 aromatic rings. The summed E-state index contributed by atoms with van der Waals surface area (Å²) in [4.78, 5) is 24.9. The van der Waals surface area contributed by atoms with Crippen LogP contribution in [0.4, 0.5) is 4.79 Å². The van der Waals surface area contributed by atoms with Crippen molar-refractivity contribution in [3.63, 3.8) is 0 Å². The SMILES string of the molecule is Cc1cc(C)c(C=NN2C(=O)NC3(CCCCC3)C2=O)c(C)c1. The Morgan fingerprint density at radius 1 is 1.09 bits per heavy atom. The van der Waals surface area contributed by atoms with Gasteiger partial charge < -0.3 is 5.32 Å². The van der Waals surface area contributed by atoms with Gasteiger partial charge in [0.1, 0.15) is 5.54 Å². The van der Waals surface area contributed by atoms with Crippen molar-refractivity contribution in [1.82, 2.24) is 10.3 Å². The normalized spacial score (nSPS) is 20.6. The first-order valence-corrected chi connectivity index (χ1v) is 8.21. The van der Waals surface area contributed by atoms with Gasteiger partial charge in [0, 0.05) is 5.56 Å². The third-order valence-electron chi connectivity index (χ3n) is 4.89. The van der Waals surface area contributed by atoms with Gasteiger partial charge in [-0.05, 0) is 44.7 Å². The Bertz CT molecular complexity index is 665. The number of hydrazone groups is 1. The van der Waals surface area contributed by atoms with E-state index in [4.69, 9.17) is 0 Å². The monoisotopic (exact) mass is 313 g/mol. The zero-order valence-electron chi connectivity index (χ0n) is 14.0. The molecule has 1 aliphatic heterocycles. The third kappa shape index (κ3) is 2.76. The first-order valence-electron chi connectivity index (χ1n) is 8.21. The van der Waals surface area contributed by atoms with Crippen LogP contribution in [0.3, 0.4) is 0 Å². The Kier molecular flexibility index (Phi) is 3.96. The highest BCUT2D eigenvalue weighted by molar-refractivity contribution is 6.07. The molecule has 1 saturated carbocycles. The Morgan fingerprint density at radius 2 is 1.70 bits per heavy atom. The van der Waals surface area contributed by atoms with Gasteiger partial charge in [-0.2, -0.15) is 5.10 Å². The Hall–Kier alpha value is -2.17. The molecular formula is C18H23N3O2. The number of nitrogens with zero attached hydrogens (tertiary/aromatic N) is 2. The number of hydrogen-bond acceptors (Lipinski definition) is 3. The summed E-state index contributed by atoms with van der Waals surface area (Å²) in [5, 5.41) is 8.07. The summed E-state index contributed by atoms with van der Waals surface area (Å²) in [7, 11) is 0. The average molecular weight is 313 g/mol. The zero-order chi connectivity index (χ0) is 16.6. The lowest BCUT2D eigenvalue weighted by Gasteiger charge is -2.29. The predicted octanol–water partition coefficient (Wildman–Crippen LogP) is 3.20. The van der Waals surface area contributed by atoms with Crippen LogP contribution in [0.25, 0.3) is 0 Å². The fourth-order valence-corrected chi connectivity index (χ4v) is 3.72. The standard InChI is InChI=1S/C18H23N3O2/c1-12-9-13(2)15(14(3)10-12)11-19-21-16(22)18(20-17(21)23)7-5-4-6-8-18/h9-11H,4-8H2,1-3H3,(H,20,23). The molecule has 5 heteroatoms. The van der Waals surface area contributed by atoms with Gasteiger partial charge in [-0.1, -0.05) is 37.0 Å². The number of carbonyl (C=O) groups excluding carboxylic acids is 2.